The molecule has 0 aromatic carbocycles. The van der Waals surface area contributed by atoms with Gasteiger partial charge >= 0.3 is 0 Å². The zero-order valence-corrected chi connectivity index (χ0v) is 14.7. The third kappa shape index (κ3) is 3.20. The van der Waals surface area contributed by atoms with E-state index in [9.17, 15) is 8.42 Å². The molecule has 2 aliphatic rings. The van der Waals surface area contributed by atoms with Crippen molar-refractivity contribution in [3.8, 4) is 0 Å². The van der Waals surface area contributed by atoms with Crippen molar-refractivity contribution in [2.24, 2.45) is 0 Å². The quantitative estimate of drug-likeness (QED) is 0.825. The molecule has 1 saturated heterocycles. The van der Waals surface area contributed by atoms with Crippen LogP contribution in [0.25, 0.3) is 0 Å². The van der Waals surface area contributed by atoms with Gasteiger partial charge in [0.25, 0.3) is 0 Å². The SMILES string of the molecule is CN(C1CCN(c2ncc(Cl)cc2Cl)CC1)S(=O)(=O)C1CC1. The summed E-state index contributed by atoms with van der Waals surface area (Å²) in [5.74, 6) is 0.720. The average molecular weight is 364 g/mol. The normalized spacial score (nSPS) is 20.6. The highest BCUT2D eigenvalue weighted by Crippen LogP contribution is 2.34. The molecule has 0 spiro atoms. The molecule has 3 rings (SSSR count). The molecule has 122 valence electrons. The molecule has 8 heteroatoms. The van der Waals surface area contributed by atoms with Crippen LogP contribution in [-0.2, 0) is 10.0 Å². The van der Waals surface area contributed by atoms with Gasteiger partial charge in [-0.1, -0.05) is 23.2 Å². The van der Waals surface area contributed by atoms with E-state index in [1.807, 2.05) is 0 Å². The Morgan fingerprint density at radius 1 is 1.23 bits per heavy atom. The largest absolute Gasteiger partial charge is 0.355 e. The van der Waals surface area contributed by atoms with Gasteiger partial charge in [-0.25, -0.2) is 17.7 Å². The van der Waals surface area contributed by atoms with Gasteiger partial charge < -0.3 is 4.90 Å². The van der Waals surface area contributed by atoms with E-state index in [4.69, 9.17) is 23.2 Å². The second-order valence-corrected chi connectivity index (χ2v) is 9.05. The van der Waals surface area contributed by atoms with Gasteiger partial charge in [0.05, 0.1) is 15.3 Å². The van der Waals surface area contributed by atoms with Gasteiger partial charge in [0.15, 0.2) is 0 Å². The van der Waals surface area contributed by atoms with Crippen molar-refractivity contribution in [2.75, 3.05) is 25.0 Å². The standard InChI is InChI=1S/C14H19Cl2N3O2S/c1-18(22(20,21)12-2-3-12)11-4-6-19(7-5-11)14-13(16)8-10(15)9-17-14/h8-9,11-12H,2-7H2,1H3. The third-order valence-electron chi connectivity index (χ3n) is 4.41. The lowest BCUT2D eigenvalue weighted by atomic mass is 10.1. The molecule has 22 heavy (non-hydrogen) atoms. The fourth-order valence-electron chi connectivity index (χ4n) is 2.89. The van der Waals surface area contributed by atoms with Crippen LogP contribution in [0.15, 0.2) is 12.3 Å². The first-order valence-electron chi connectivity index (χ1n) is 7.42. The molecular formula is C14H19Cl2N3O2S. The predicted molar refractivity (Wildman–Crippen MR) is 89.2 cm³/mol. The number of hydrogen-bond donors (Lipinski definition) is 0. The van der Waals surface area contributed by atoms with E-state index in [1.54, 1.807) is 23.6 Å². The summed E-state index contributed by atoms with van der Waals surface area (Å²) >= 11 is 12.1. The molecule has 2 fully saturated rings. The van der Waals surface area contributed by atoms with E-state index in [1.165, 1.54) is 0 Å². The second-order valence-electron chi connectivity index (χ2n) is 5.94. The first-order valence-corrected chi connectivity index (χ1v) is 9.68. The molecule has 0 N–H and O–H groups in total. The molecule has 1 aromatic rings. The number of aromatic nitrogens is 1. The Kier molecular flexibility index (Phi) is 4.56. The van der Waals surface area contributed by atoms with Crippen LogP contribution in [-0.4, -0.2) is 49.1 Å². The van der Waals surface area contributed by atoms with Crippen molar-refractivity contribution in [1.29, 1.82) is 0 Å². The van der Waals surface area contributed by atoms with E-state index < -0.39 is 10.0 Å². The Balaban J connectivity index is 1.65. The highest BCUT2D eigenvalue weighted by Gasteiger charge is 2.41. The van der Waals surface area contributed by atoms with Crippen LogP contribution in [0.2, 0.25) is 10.0 Å². The molecule has 0 bridgehead atoms. The van der Waals surface area contributed by atoms with E-state index in [-0.39, 0.29) is 11.3 Å². The van der Waals surface area contributed by atoms with E-state index in [0.29, 0.717) is 10.0 Å². The molecule has 5 nitrogen and oxygen atoms in total. The fraction of sp³-hybridized carbons (Fsp3) is 0.643. The molecule has 0 radical (unpaired) electrons. The van der Waals surface area contributed by atoms with Crippen LogP contribution in [0.3, 0.4) is 0 Å². The average Bonchev–Trinajstić information content (AvgIpc) is 3.32. The summed E-state index contributed by atoms with van der Waals surface area (Å²) in [6, 6.07) is 1.74. The lowest BCUT2D eigenvalue weighted by Crippen LogP contribution is -2.46. The zero-order chi connectivity index (χ0) is 15.9. The first kappa shape index (κ1) is 16.3. The number of pyridine rings is 1. The number of halogens is 2. The first-order chi connectivity index (χ1) is 10.4. The molecule has 2 heterocycles. The van der Waals surface area contributed by atoms with Gasteiger partial charge in [-0.15, -0.1) is 0 Å². The smallest absolute Gasteiger partial charge is 0.216 e. The van der Waals surface area contributed by atoms with Gasteiger partial charge in [-0.2, -0.15) is 0 Å². The molecular weight excluding hydrogens is 345 g/mol. The Morgan fingerprint density at radius 2 is 1.86 bits per heavy atom. The summed E-state index contributed by atoms with van der Waals surface area (Å²) in [6.45, 7) is 1.48. The summed E-state index contributed by atoms with van der Waals surface area (Å²) in [7, 11) is -1.40. The Labute approximate surface area is 141 Å². The van der Waals surface area contributed by atoms with Crippen molar-refractivity contribution in [3.63, 3.8) is 0 Å². The van der Waals surface area contributed by atoms with E-state index in [0.717, 1.165) is 44.6 Å². The molecule has 1 aliphatic heterocycles. The molecule has 1 saturated carbocycles. The molecule has 1 aliphatic carbocycles. The maximum atomic E-state index is 12.3. The summed E-state index contributed by atoms with van der Waals surface area (Å²) in [5, 5.41) is 0.895. The van der Waals surface area contributed by atoms with Gasteiger partial charge in [0.2, 0.25) is 10.0 Å². The lowest BCUT2D eigenvalue weighted by Gasteiger charge is -2.37. The van der Waals surface area contributed by atoms with Crippen molar-refractivity contribution in [2.45, 2.75) is 37.0 Å². The highest BCUT2D eigenvalue weighted by molar-refractivity contribution is 7.90. The molecule has 1 aromatic heterocycles. The monoisotopic (exact) mass is 363 g/mol. The van der Waals surface area contributed by atoms with Crippen molar-refractivity contribution < 1.29 is 8.42 Å². The number of piperidine rings is 1. The summed E-state index contributed by atoms with van der Waals surface area (Å²) in [5.41, 5.74) is 0. The van der Waals surface area contributed by atoms with E-state index >= 15 is 0 Å². The number of sulfonamides is 1. The third-order valence-corrected chi connectivity index (χ3v) is 7.31. The lowest BCUT2D eigenvalue weighted by molar-refractivity contribution is 0.311. The van der Waals surface area contributed by atoms with Gasteiger partial charge in [-0.3, -0.25) is 0 Å². The van der Waals surface area contributed by atoms with Crippen LogP contribution in [0.5, 0.6) is 0 Å². The number of hydrogen-bond acceptors (Lipinski definition) is 4. The highest BCUT2D eigenvalue weighted by atomic mass is 35.5. The van der Waals surface area contributed by atoms with Crippen LogP contribution in [0.4, 0.5) is 5.82 Å². The van der Waals surface area contributed by atoms with Gasteiger partial charge in [0.1, 0.15) is 5.82 Å². The van der Waals surface area contributed by atoms with Crippen LogP contribution in [0, 0.1) is 0 Å². The van der Waals surface area contributed by atoms with Crippen molar-refractivity contribution in [1.82, 2.24) is 9.29 Å². The minimum absolute atomic E-state index is 0.0629. The minimum atomic E-state index is -3.11. The molecule has 0 atom stereocenters. The maximum absolute atomic E-state index is 12.3. The molecule has 0 unspecified atom stereocenters. The zero-order valence-electron chi connectivity index (χ0n) is 12.4. The second kappa shape index (κ2) is 6.15. The van der Waals surface area contributed by atoms with Crippen molar-refractivity contribution >= 4 is 39.0 Å². The summed E-state index contributed by atoms with van der Waals surface area (Å²) in [6.07, 6.45) is 4.75. The number of rotatable bonds is 4. The predicted octanol–water partition coefficient (Wildman–Crippen LogP) is 2.78. The Bertz CT molecular complexity index is 656. The topological polar surface area (TPSA) is 53.5 Å². The van der Waals surface area contributed by atoms with Gasteiger partial charge in [0, 0.05) is 32.4 Å². The van der Waals surface area contributed by atoms with Crippen LogP contribution >= 0.6 is 23.2 Å². The Hall–Kier alpha value is -0.560. The van der Waals surface area contributed by atoms with Crippen LogP contribution in [0.1, 0.15) is 25.7 Å². The van der Waals surface area contributed by atoms with Crippen molar-refractivity contribution in [3.05, 3.63) is 22.3 Å². The van der Waals surface area contributed by atoms with E-state index in [2.05, 4.69) is 9.88 Å². The fourth-order valence-corrected chi connectivity index (χ4v) is 5.22. The van der Waals surface area contributed by atoms with Gasteiger partial charge in [-0.05, 0) is 31.7 Å². The number of nitrogens with zero attached hydrogens (tertiary/aromatic N) is 3. The molecule has 0 amide bonds. The summed E-state index contributed by atoms with van der Waals surface area (Å²) < 4.78 is 26.2. The summed E-state index contributed by atoms with van der Waals surface area (Å²) in [4.78, 5) is 6.38. The Morgan fingerprint density at radius 3 is 2.41 bits per heavy atom. The minimum Gasteiger partial charge on any atom is -0.355 e. The number of anilines is 1. The maximum Gasteiger partial charge on any atom is 0.216 e. The van der Waals surface area contributed by atoms with Crippen LogP contribution < -0.4 is 4.90 Å².